The van der Waals surface area contributed by atoms with Crippen molar-refractivity contribution < 1.29 is 22.4 Å². The van der Waals surface area contributed by atoms with Crippen molar-refractivity contribution in [2.24, 2.45) is 0 Å². The fraction of sp³-hybridized carbons (Fsp3) is 0.636. The maximum atomic E-state index is 13.8. The average Bonchev–Trinajstić information content (AvgIpc) is 2.80. The molecule has 2 amide bonds. The minimum absolute atomic E-state index is 0.0819. The summed E-state index contributed by atoms with van der Waals surface area (Å²) >= 11 is 0. The number of carbonyl (C=O) groups excluding carboxylic acids is 2. The van der Waals surface area contributed by atoms with Crippen LogP contribution in [0.15, 0.2) is 29.2 Å². The molecule has 4 aliphatic heterocycles. The van der Waals surface area contributed by atoms with Crippen LogP contribution in [0.5, 0.6) is 0 Å². The van der Waals surface area contributed by atoms with Crippen molar-refractivity contribution in [2.45, 2.75) is 55.5 Å². The lowest BCUT2D eigenvalue weighted by molar-refractivity contribution is -0.138. The molecule has 1 aromatic carbocycles. The molecule has 0 radical (unpaired) electrons. The zero-order valence-corrected chi connectivity index (χ0v) is 19.0. The minimum Gasteiger partial charge on any atom is -0.337 e. The van der Waals surface area contributed by atoms with Crippen molar-refractivity contribution >= 4 is 21.8 Å². The third kappa shape index (κ3) is 4.82. The lowest BCUT2D eigenvalue weighted by Gasteiger charge is -2.43. The number of halogens is 1. The molecule has 10 heteroatoms. The predicted molar refractivity (Wildman–Crippen MR) is 117 cm³/mol. The van der Waals surface area contributed by atoms with Crippen LogP contribution in [0, 0.1) is 5.82 Å². The predicted octanol–water partition coefficient (Wildman–Crippen LogP) is 1.18. The van der Waals surface area contributed by atoms with Gasteiger partial charge in [-0.05, 0) is 37.8 Å². The molecule has 0 spiro atoms. The van der Waals surface area contributed by atoms with E-state index >= 15 is 0 Å². The number of carbonyl (C=O) groups is 2. The molecule has 4 saturated heterocycles. The first kappa shape index (κ1) is 23.1. The Labute approximate surface area is 188 Å². The summed E-state index contributed by atoms with van der Waals surface area (Å²) in [6.45, 7) is 3.76. The fourth-order valence-corrected chi connectivity index (χ4v) is 6.56. The molecule has 5 rings (SSSR count). The van der Waals surface area contributed by atoms with E-state index in [4.69, 9.17) is 0 Å². The Hall–Kier alpha value is -2.04. The number of piperazine rings is 2. The molecule has 0 aliphatic carbocycles. The molecule has 2 unspecified atom stereocenters. The van der Waals surface area contributed by atoms with E-state index < -0.39 is 15.8 Å². The summed E-state index contributed by atoms with van der Waals surface area (Å²) in [5.74, 6) is -0.281. The second-order valence-corrected chi connectivity index (χ2v) is 10.7. The first-order valence-corrected chi connectivity index (χ1v) is 12.9. The summed E-state index contributed by atoms with van der Waals surface area (Å²) in [5, 5.41) is 3.31. The number of hydrogen-bond acceptors (Lipinski definition) is 5. The number of nitrogens with zero attached hydrogens (tertiary/aromatic N) is 3. The van der Waals surface area contributed by atoms with Gasteiger partial charge in [-0.25, -0.2) is 12.8 Å². The Morgan fingerprint density at radius 1 is 0.906 bits per heavy atom. The zero-order chi connectivity index (χ0) is 22.7. The fourth-order valence-electron chi connectivity index (χ4n) is 5.03. The van der Waals surface area contributed by atoms with Gasteiger partial charge in [0.15, 0.2) is 0 Å². The van der Waals surface area contributed by atoms with Gasteiger partial charge in [0, 0.05) is 64.2 Å². The summed E-state index contributed by atoms with van der Waals surface area (Å²) in [6, 6.07) is 5.82. The number of benzene rings is 1. The second kappa shape index (κ2) is 9.84. The van der Waals surface area contributed by atoms with E-state index in [2.05, 4.69) is 5.32 Å². The van der Waals surface area contributed by atoms with Gasteiger partial charge >= 0.3 is 0 Å². The van der Waals surface area contributed by atoms with Crippen LogP contribution in [-0.4, -0.2) is 85.7 Å². The monoisotopic (exact) mass is 466 g/mol. The van der Waals surface area contributed by atoms with E-state index in [0.717, 1.165) is 51.4 Å². The van der Waals surface area contributed by atoms with Gasteiger partial charge in [0.2, 0.25) is 21.8 Å². The lowest BCUT2D eigenvalue weighted by atomic mass is 10.00. The van der Waals surface area contributed by atoms with Crippen molar-refractivity contribution in [3.63, 3.8) is 0 Å². The Morgan fingerprint density at radius 2 is 1.56 bits per heavy atom. The van der Waals surface area contributed by atoms with Crippen molar-refractivity contribution in [1.82, 2.24) is 19.4 Å². The molecule has 1 aromatic rings. The van der Waals surface area contributed by atoms with Gasteiger partial charge in [-0.15, -0.1) is 0 Å². The standard InChI is InChI=1S/C14H17FN2O3S.C8H14N2O/c15-12-5-1-2-6-13(12)21(19,20)16-8-9-17-11(10-16)4-3-7-14(17)18;11-8-3-1-2-7-6-9-4-5-10(7)8/h1-2,5-6,11H,3-4,7-10H2;7,9H,1-6H2. The maximum Gasteiger partial charge on any atom is 0.246 e. The number of nitrogens with one attached hydrogen (secondary N) is 1. The molecule has 8 nitrogen and oxygen atoms in total. The molecule has 32 heavy (non-hydrogen) atoms. The number of rotatable bonds is 2. The second-order valence-electron chi connectivity index (χ2n) is 8.76. The van der Waals surface area contributed by atoms with E-state index in [1.54, 1.807) is 4.90 Å². The van der Waals surface area contributed by atoms with E-state index in [1.807, 2.05) is 4.90 Å². The topological polar surface area (TPSA) is 90.0 Å². The number of sulfonamides is 1. The SMILES string of the molecule is O=C1CCCC2CN(S(=O)(=O)c3ccccc3F)CCN12.O=C1CCCC2CNCCN12. The Morgan fingerprint density at radius 3 is 2.25 bits per heavy atom. The van der Waals surface area contributed by atoms with Crippen LogP contribution in [0.4, 0.5) is 4.39 Å². The summed E-state index contributed by atoms with van der Waals surface area (Å²) in [4.78, 5) is 26.6. The van der Waals surface area contributed by atoms with Gasteiger partial charge in [0.25, 0.3) is 0 Å². The van der Waals surface area contributed by atoms with E-state index in [1.165, 1.54) is 28.9 Å². The highest BCUT2D eigenvalue weighted by atomic mass is 32.2. The highest BCUT2D eigenvalue weighted by molar-refractivity contribution is 7.89. The van der Waals surface area contributed by atoms with E-state index in [0.29, 0.717) is 24.9 Å². The molecule has 0 bridgehead atoms. The first-order valence-electron chi connectivity index (χ1n) is 11.4. The van der Waals surface area contributed by atoms with Crippen molar-refractivity contribution in [3.05, 3.63) is 30.1 Å². The van der Waals surface area contributed by atoms with E-state index in [-0.39, 0.29) is 29.9 Å². The molecular formula is C22H31FN4O4S. The number of amides is 2. The minimum atomic E-state index is -3.84. The van der Waals surface area contributed by atoms with Gasteiger partial charge in [-0.2, -0.15) is 4.31 Å². The summed E-state index contributed by atoms with van der Waals surface area (Å²) in [5.41, 5.74) is 0. The van der Waals surface area contributed by atoms with Gasteiger partial charge in [0.05, 0.1) is 0 Å². The average molecular weight is 467 g/mol. The molecule has 2 atom stereocenters. The molecule has 4 fully saturated rings. The van der Waals surface area contributed by atoms with Crippen LogP contribution in [0.25, 0.3) is 0 Å². The third-order valence-corrected chi connectivity index (χ3v) is 8.65. The van der Waals surface area contributed by atoms with Crippen molar-refractivity contribution in [2.75, 3.05) is 39.3 Å². The quantitative estimate of drug-likeness (QED) is 0.707. The molecule has 4 aliphatic rings. The van der Waals surface area contributed by atoms with Gasteiger partial charge < -0.3 is 15.1 Å². The maximum absolute atomic E-state index is 13.8. The molecule has 176 valence electrons. The van der Waals surface area contributed by atoms with Crippen LogP contribution in [0.3, 0.4) is 0 Å². The largest absolute Gasteiger partial charge is 0.337 e. The number of piperidine rings is 2. The Kier molecular flexibility index (Phi) is 7.11. The van der Waals surface area contributed by atoms with Gasteiger partial charge in [-0.1, -0.05) is 12.1 Å². The highest BCUT2D eigenvalue weighted by Crippen LogP contribution is 2.27. The highest BCUT2D eigenvalue weighted by Gasteiger charge is 2.38. The number of fused-ring (bicyclic) bond motifs is 2. The first-order chi connectivity index (χ1) is 15.4. The van der Waals surface area contributed by atoms with E-state index in [9.17, 15) is 22.4 Å². The molecular weight excluding hydrogens is 435 g/mol. The molecule has 1 N–H and O–H groups in total. The van der Waals surface area contributed by atoms with Crippen LogP contribution in [0.1, 0.15) is 38.5 Å². The molecule has 0 aromatic heterocycles. The van der Waals surface area contributed by atoms with Crippen LogP contribution in [-0.2, 0) is 19.6 Å². The smallest absolute Gasteiger partial charge is 0.246 e. The molecule has 0 saturated carbocycles. The lowest BCUT2D eigenvalue weighted by Crippen LogP contribution is -2.57. The normalized spacial score (nSPS) is 26.7. The van der Waals surface area contributed by atoms with Crippen LogP contribution >= 0.6 is 0 Å². The van der Waals surface area contributed by atoms with Crippen molar-refractivity contribution in [1.29, 1.82) is 0 Å². The zero-order valence-electron chi connectivity index (χ0n) is 18.2. The third-order valence-electron chi connectivity index (χ3n) is 6.75. The summed E-state index contributed by atoms with van der Waals surface area (Å²) in [7, 11) is -3.84. The van der Waals surface area contributed by atoms with Crippen molar-refractivity contribution in [3.8, 4) is 0 Å². The summed E-state index contributed by atoms with van der Waals surface area (Å²) in [6.07, 6.45) is 5.18. The van der Waals surface area contributed by atoms with Crippen LogP contribution < -0.4 is 5.32 Å². The number of hydrogen-bond donors (Lipinski definition) is 1. The Bertz CT molecular complexity index is 955. The summed E-state index contributed by atoms with van der Waals surface area (Å²) < 4.78 is 40.2. The van der Waals surface area contributed by atoms with Crippen LogP contribution in [0.2, 0.25) is 0 Å². The van der Waals surface area contributed by atoms with Gasteiger partial charge in [0.1, 0.15) is 10.7 Å². The van der Waals surface area contributed by atoms with Gasteiger partial charge in [-0.3, -0.25) is 9.59 Å². The molecule has 4 heterocycles. The Balaban J connectivity index is 0.000000186.